The molecule has 1 aliphatic heterocycles. The number of aromatic hydroxyl groups is 1. The van der Waals surface area contributed by atoms with E-state index < -0.39 is 53.8 Å². The highest BCUT2D eigenvalue weighted by atomic mass is 16.4. The summed E-state index contributed by atoms with van der Waals surface area (Å²) in [5.74, 6) is -4.11. The van der Waals surface area contributed by atoms with Crippen LogP contribution in [0.3, 0.4) is 0 Å². The molecule has 0 saturated carbocycles. The van der Waals surface area contributed by atoms with Gasteiger partial charge >= 0.3 is 11.9 Å². The zero-order chi connectivity index (χ0) is 28.2. The molecule has 2 rings (SSSR count). The van der Waals surface area contributed by atoms with E-state index in [0.717, 1.165) is 0 Å². The van der Waals surface area contributed by atoms with Gasteiger partial charge in [-0.3, -0.25) is 19.2 Å². The number of hydrogen-bond acceptors (Lipinski definition) is 8. The number of carbonyl (C=O) groups excluding carboxylic acids is 3. The van der Waals surface area contributed by atoms with E-state index in [4.69, 9.17) is 16.6 Å². The van der Waals surface area contributed by atoms with Crippen LogP contribution in [-0.4, -0.2) is 87.1 Å². The Hall–Kier alpha value is -3.71. The van der Waals surface area contributed by atoms with Crippen molar-refractivity contribution in [3.8, 4) is 5.75 Å². The summed E-state index contributed by atoms with van der Waals surface area (Å²) in [7, 11) is 0. The van der Waals surface area contributed by atoms with E-state index in [1.807, 2.05) is 0 Å². The minimum absolute atomic E-state index is 0.0228. The number of nitrogens with two attached hydrogens (primary N) is 2. The van der Waals surface area contributed by atoms with Gasteiger partial charge in [-0.2, -0.15) is 0 Å². The van der Waals surface area contributed by atoms with Gasteiger partial charge in [0, 0.05) is 19.4 Å². The normalized spacial score (nSPS) is 17.3. The lowest BCUT2D eigenvalue weighted by Gasteiger charge is -2.28. The first-order valence-corrected chi connectivity index (χ1v) is 12.6. The smallest absolute Gasteiger partial charge is 0.326 e. The maximum absolute atomic E-state index is 13.2. The van der Waals surface area contributed by atoms with Crippen LogP contribution in [0, 0.1) is 0 Å². The Morgan fingerprint density at radius 2 is 1.68 bits per heavy atom. The van der Waals surface area contributed by atoms with Gasteiger partial charge in [0.05, 0.1) is 6.04 Å². The molecule has 9 N–H and O–H groups in total. The Morgan fingerprint density at radius 3 is 2.29 bits per heavy atom. The lowest BCUT2D eigenvalue weighted by Crippen LogP contribution is -2.56. The second-order valence-corrected chi connectivity index (χ2v) is 9.34. The van der Waals surface area contributed by atoms with Crippen molar-refractivity contribution in [1.82, 2.24) is 15.5 Å². The SMILES string of the molecule is NCCCCC(NC(=O)C1CCCN1C(=O)C(N)CCC(=O)O)C(=O)NC(Cc1ccc(O)cc1)C(=O)O. The average Bonchev–Trinajstić information content (AvgIpc) is 3.37. The highest BCUT2D eigenvalue weighted by Gasteiger charge is 2.38. The van der Waals surface area contributed by atoms with Crippen molar-refractivity contribution < 1.29 is 39.3 Å². The summed E-state index contributed by atoms with van der Waals surface area (Å²) in [5.41, 5.74) is 12.0. The van der Waals surface area contributed by atoms with E-state index in [9.17, 15) is 34.2 Å². The van der Waals surface area contributed by atoms with Crippen molar-refractivity contribution in [1.29, 1.82) is 0 Å². The van der Waals surface area contributed by atoms with Crippen LogP contribution in [0.5, 0.6) is 5.75 Å². The summed E-state index contributed by atoms with van der Waals surface area (Å²) in [4.78, 5) is 63.0. The topological polar surface area (TPSA) is 225 Å². The first-order valence-electron chi connectivity index (χ1n) is 12.6. The first-order chi connectivity index (χ1) is 18.0. The average molecular weight is 536 g/mol. The summed E-state index contributed by atoms with van der Waals surface area (Å²) in [6, 6.07) is 1.62. The van der Waals surface area contributed by atoms with Crippen LogP contribution in [0.1, 0.15) is 50.5 Å². The zero-order valence-electron chi connectivity index (χ0n) is 21.2. The number of benzene rings is 1. The molecule has 1 fully saturated rings. The van der Waals surface area contributed by atoms with E-state index in [1.54, 1.807) is 12.1 Å². The molecule has 1 aromatic rings. The Balaban J connectivity index is 2.10. The number of carboxylic acids is 2. The Bertz CT molecular complexity index is 986. The van der Waals surface area contributed by atoms with Crippen molar-refractivity contribution >= 4 is 29.7 Å². The maximum atomic E-state index is 13.2. The van der Waals surface area contributed by atoms with Crippen molar-refractivity contribution in [2.45, 2.75) is 75.5 Å². The summed E-state index contributed by atoms with van der Waals surface area (Å²) in [5, 5.41) is 33.1. The predicted octanol–water partition coefficient (Wildman–Crippen LogP) is -0.699. The molecule has 210 valence electrons. The third kappa shape index (κ3) is 9.30. The van der Waals surface area contributed by atoms with E-state index in [1.165, 1.54) is 17.0 Å². The predicted molar refractivity (Wildman–Crippen MR) is 136 cm³/mol. The highest BCUT2D eigenvalue weighted by Crippen LogP contribution is 2.20. The first kappa shape index (κ1) is 30.5. The number of rotatable bonds is 15. The van der Waals surface area contributed by atoms with E-state index >= 15 is 0 Å². The van der Waals surface area contributed by atoms with Crippen LogP contribution in [0.25, 0.3) is 0 Å². The van der Waals surface area contributed by atoms with Crippen LogP contribution < -0.4 is 22.1 Å². The van der Waals surface area contributed by atoms with Crippen molar-refractivity contribution in [2.75, 3.05) is 13.1 Å². The molecular formula is C25H37N5O8. The molecule has 38 heavy (non-hydrogen) atoms. The van der Waals surface area contributed by atoms with Gasteiger partial charge in [-0.15, -0.1) is 0 Å². The van der Waals surface area contributed by atoms with Crippen LogP contribution in [0.4, 0.5) is 0 Å². The van der Waals surface area contributed by atoms with Gasteiger partial charge in [0.1, 0.15) is 23.9 Å². The zero-order valence-corrected chi connectivity index (χ0v) is 21.2. The number of nitrogens with zero attached hydrogens (tertiary/aromatic N) is 1. The molecule has 0 aliphatic carbocycles. The fourth-order valence-corrected chi connectivity index (χ4v) is 4.29. The van der Waals surface area contributed by atoms with Crippen LogP contribution in [-0.2, 0) is 30.4 Å². The molecule has 0 aromatic heterocycles. The number of carbonyl (C=O) groups is 5. The van der Waals surface area contributed by atoms with Crippen LogP contribution >= 0.6 is 0 Å². The lowest BCUT2D eigenvalue weighted by molar-refractivity contribution is -0.143. The molecule has 4 unspecified atom stereocenters. The lowest BCUT2D eigenvalue weighted by atomic mass is 10.0. The van der Waals surface area contributed by atoms with E-state index in [-0.39, 0.29) is 38.0 Å². The third-order valence-corrected chi connectivity index (χ3v) is 6.40. The Labute approximate surface area is 220 Å². The number of nitrogens with one attached hydrogen (secondary N) is 2. The van der Waals surface area contributed by atoms with E-state index in [0.29, 0.717) is 37.8 Å². The second-order valence-electron chi connectivity index (χ2n) is 9.34. The molecule has 0 radical (unpaired) electrons. The summed E-state index contributed by atoms with van der Waals surface area (Å²) in [6.45, 7) is 0.648. The van der Waals surface area contributed by atoms with E-state index in [2.05, 4.69) is 10.6 Å². The molecule has 4 atom stereocenters. The van der Waals surface area contributed by atoms with Gasteiger partial charge in [0.15, 0.2) is 0 Å². The number of carboxylic acid groups (broad SMARTS) is 2. The fraction of sp³-hybridized carbons (Fsp3) is 0.560. The molecule has 3 amide bonds. The van der Waals surface area contributed by atoms with Gasteiger partial charge in [0.2, 0.25) is 17.7 Å². The standard InChI is InChI=1S/C25H37N5O8/c26-12-2-1-4-18(22(34)29-19(25(37)38)14-15-6-8-16(31)9-7-15)28-23(35)20-5-3-13-30(20)24(36)17(27)10-11-21(32)33/h6-9,17-20,31H,1-5,10-14,26-27H2,(H,28,35)(H,29,34)(H,32,33)(H,37,38). The quantitative estimate of drug-likeness (QED) is 0.140. The van der Waals surface area contributed by atoms with Gasteiger partial charge in [-0.1, -0.05) is 12.1 Å². The summed E-state index contributed by atoms with van der Waals surface area (Å²) < 4.78 is 0. The van der Waals surface area contributed by atoms with Crippen LogP contribution in [0.2, 0.25) is 0 Å². The minimum atomic E-state index is -1.28. The minimum Gasteiger partial charge on any atom is -0.508 e. The molecule has 13 nitrogen and oxygen atoms in total. The van der Waals surface area contributed by atoms with Crippen LogP contribution in [0.15, 0.2) is 24.3 Å². The number of unbranched alkanes of at least 4 members (excludes halogenated alkanes) is 1. The molecule has 1 aliphatic rings. The number of likely N-dealkylation sites (tertiary alicyclic amines) is 1. The fourth-order valence-electron chi connectivity index (χ4n) is 4.29. The summed E-state index contributed by atoms with van der Waals surface area (Å²) >= 11 is 0. The maximum Gasteiger partial charge on any atom is 0.326 e. The third-order valence-electron chi connectivity index (χ3n) is 6.40. The monoisotopic (exact) mass is 535 g/mol. The number of amides is 3. The molecule has 1 saturated heterocycles. The molecule has 0 bridgehead atoms. The Morgan fingerprint density at radius 1 is 1.00 bits per heavy atom. The number of phenols is 1. The van der Waals surface area contributed by atoms with Gasteiger partial charge in [0.25, 0.3) is 0 Å². The van der Waals surface area contributed by atoms with Crippen molar-refractivity contribution in [3.63, 3.8) is 0 Å². The molecular weight excluding hydrogens is 498 g/mol. The second kappa shape index (κ2) is 14.9. The number of hydrogen-bond donors (Lipinski definition) is 7. The van der Waals surface area contributed by atoms with Crippen molar-refractivity contribution in [3.05, 3.63) is 29.8 Å². The molecule has 1 heterocycles. The number of aliphatic carboxylic acids is 2. The van der Waals surface area contributed by atoms with Gasteiger partial charge < -0.3 is 42.3 Å². The largest absolute Gasteiger partial charge is 0.508 e. The molecule has 0 spiro atoms. The summed E-state index contributed by atoms with van der Waals surface area (Å²) in [6.07, 6.45) is 1.78. The van der Waals surface area contributed by atoms with Crippen molar-refractivity contribution in [2.24, 2.45) is 11.5 Å². The van der Waals surface area contributed by atoms with Gasteiger partial charge in [-0.25, -0.2) is 4.79 Å². The molecule has 1 aromatic carbocycles. The highest BCUT2D eigenvalue weighted by molar-refractivity contribution is 5.94. The number of phenolic OH excluding ortho intramolecular Hbond substituents is 1. The molecule has 13 heteroatoms. The Kier molecular flexibility index (Phi) is 12.0. The van der Waals surface area contributed by atoms with Gasteiger partial charge in [-0.05, 0) is 62.8 Å².